The third kappa shape index (κ3) is 2.62. The standard InChI is InChI=1S/C16H16F4O2/c1-4-15(22-14(21)9(2)3)8-7-10-11(16(18,19)20)5-6-12(17)13(10)15/h5-6H,2,4,7-8H2,1,3H3. The van der Waals surface area contributed by atoms with Gasteiger partial charge in [-0.1, -0.05) is 13.5 Å². The van der Waals surface area contributed by atoms with Crippen molar-refractivity contribution in [3.63, 3.8) is 0 Å². The molecule has 1 unspecified atom stereocenters. The second-order valence-corrected chi connectivity index (χ2v) is 5.46. The van der Waals surface area contributed by atoms with Crippen LogP contribution in [-0.4, -0.2) is 5.97 Å². The molecule has 2 rings (SSSR count). The van der Waals surface area contributed by atoms with Gasteiger partial charge in [0.1, 0.15) is 11.4 Å². The third-order valence-electron chi connectivity index (χ3n) is 4.01. The van der Waals surface area contributed by atoms with Gasteiger partial charge in [-0.15, -0.1) is 0 Å². The molecule has 0 aromatic heterocycles. The zero-order chi connectivity index (χ0) is 16.7. The fraction of sp³-hybridized carbons (Fsp3) is 0.438. The molecule has 0 saturated heterocycles. The molecule has 0 radical (unpaired) electrons. The minimum absolute atomic E-state index is 0.0131. The second kappa shape index (κ2) is 5.41. The number of hydrogen-bond acceptors (Lipinski definition) is 2. The van der Waals surface area contributed by atoms with Gasteiger partial charge in [-0.05, 0) is 43.9 Å². The van der Waals surface area contributed by atoms with Gasteiger partial charge in [-0.2, -0.15) is 13.2 Å². The van der Waals surface area contributed by atoms with Crippen molar-refractivity contribution in [2.75, 3.05) is 0 Å². The zero-order valence-electron chi connectivity index (χ0n) is 12.3. The minimum Gasteiger partial charge on any atom is -0.451 e. The molecule has 120 valence electrons. The van der Waals surface area contributed by atoms with Gasteiger partial charge in [0.15, 0.2) is 0 Å². The van der Waals surface area contributed by atoms with E-state index in [1.165, 1.54) is 6.92 Å². The van der Waals surface area contributed by atoms with E-state index in [1.807, 2.05) is 0 Å². The maximum Gasteiger partial charge on any atom is 0.416 e. The first-order valence-electron chi connectivity index (χ1n) is 6.90. The minimum atomic E-state index is -4.57. The number of rotatable bonds is 3. The maximum absolute atomic E-state index is 14.2. The topological polar surface area (TPSA) is 26.3 Å². The molecule has 1 atom stereocenters. The largest absolute Gasteiger partial charge is 0.451 e. The predicted molar refractivity (Wildman–Crippen MR) is 72.6 cm³/mol. The van der Waals surface area contributed by atoms with Gasteiger partial charge in [0.2, 0.25) is 0 Å². The van der Waals surface area contributed by atoms with E-state index in [9.17, 15) is 22.4 Å². The summed E-state index contributed by atoms with van der Waals surface area (Å²) in [5, 5.41) is 0. The van der Waals surface area contributed by atoms with E-state index in [4.69, 9.17) is 4.74 Å². The average molecular weight is 316 g/mol. The lowest BCUT2D eigenvalue weighted by Gasteiger charge is -2.30. The summed E-state index contributed by atoms with van der Waals surface area (Å²) in [5.74, 6) is -1.51. The second-order valence-electron chi connectivity index (χ2n) is 5.46. The summed E-state index contributed by atoms with van der Waals surface area (Å²) in [6, 6.07) is 1.52. The number of carbonyl (C=O) groups is 1. The molecule has 1 aliphatic carbocycles. The number of fused-ring (bicyclic) bond motifs is 1. The number of hydrogen-bond donors (Lipinski definition) is 0. The van der Waals surface area contributed by atoms with Gasteiger partial charge in [-0.3, -0.25) is 0 Å². The quantitative estimate of drug-likeness (QED) is 0.466. The van der Waals surface area contributed by atoms with Crippen LogP contribution < -0.4 is 0 Å². The highest BCUT2D eigenvalue weighted by Gasteiger charge is 2.47. The van der Waals surface area contributed by atoms with Crippen molar-refractivity contribution in [2.24, 2.45) is 0 Å². The van der Waals surface area contributed by atoms with Crippen molar-refractivity contribution in [2.45, 2.75) is 44.9 Å². The van der Waals surface area contributed by atoms with E-state index < -0.39 is 29.1 Å². The number of ether oxygens (including phenoxy) is 1. The highest BCUT2D eigenvalue weighted by atomic mass is 19.4. The Morgan fingerprint density at radius 1 is 1.41 bits per heavy atom. The summed E-state index contributed by atoms with van der Waals surface area (Å²) in [4.78, 5) is 11.8. The molecular formula is C16H16F4O2. The number of esters is 1. The molecule has 0 aliphatic heterocycles. The van der Waals surface area contributed by atoms with Crippen molar-refractivity contribution in [3.8, 4) is 0 Å². The van der Waals surface area contributed by atoms with E-state index in [0.29, 0.717) is 0 Å². The van der Waals surface area contributed by atoms with Gasteiger partial charge >= 0.3 is 12.1 Å². The molecule has 1 aliphatic rings. The van der Waals surface area contributed by atoms with Crippen LogP contribution in [0.3, 0.4) is 0 Å². The van der Waals surface area contributed by atoms with Crippen molar-refractivity contribution in [1.29, 1.82) is 0 Å². The third-order valence-corrected chi connectivity index (χ3v) is 4.01. The fourth-order valence-corrected chi connectivity index (χ4v) is 2.88. The van der Waals surface area contributed by atoms with Crippen LogP contribution in [0.4, 0.5) is 17.6 Å². The first kappa shape index (κ1) is 16.5. The van der Waals surface area contributed by atoms with Crippen LogP contribution in [-0.2, 0) is 27.7 Å². The van der Waals surface area contributed by atoms with Gasteiger partial charge in [0.05, 0.1) is 5.56 Å². The Labute approximate surface area is 125 Å². The van der Waals surface area contributed by atoms with E-state index in [-0.39, 0.29) is 36.0 Å². The molecule has 0 saturated carbocycles. The van der Waals surface area contributed by atoms with Gasteiger partial charge < -0.3 is 4.74 Å². The Kier molecular flexibility index (Phi) is 4.06. The molecule has 0 amide bonds. The zero-order valence-corrected chi connectivity index (χ0v) is 12.3. The molecule has 0 heterocycles. The van der Waals surface area contributed by atoms with Crippen molar-refractivity contribution in [3.05, 3.63) is 46.8 Å². The highest BCUT2D eigenvalue weighted by Crippen LogP contribution is 2.48. The van der Waals surface area contributed by atoms with Gasteiger partial charge in [0, 0.05) is 11.1 Å². The van der Waals surface area contributed by atoms with Crippen molar-refractivity contribution < 1.29 is 27.1 Å². The molecule has 0 spiro atoms. The smallest absolute Gasteiger partial charge is 0.416 e. The molecule has 0 bridgehead atoms. The fourth-order valence-electron chi connectivity index (χ4n) is 2.88. The molecule has 22 heavy (non-hydrogen) atoms. The SMILES string of the molecule is C=C(C)C(=O)OC1(CC)CCc2c(C(F)(F)F)ccc(F)c21. The number of carbonyl (C=O) groups excluding carboxylic acids is 1. The Morgan fingerprint density at radius 2 is 2.05 bits per heavy atom. The van der Waals surface area contributed by atoms with E-state index in [1.54, 1.807) is 6.92 Å². The average Bonchev–Trinajstić information content (AvgIpc) is 2.78. The Hall–Kier alpha value is -1.85. The van der Waals surface area contributed by atoms with Crippen LogP contribution >= 0.6 is 0 Å². The first-order chi connectivity index (χ1) is 10.1. The summed E-state index contributed by atoms with van der Waals surface area (Å²) < 4.78 is 58.8. The first-order valence-corrected chi connectivity index (χ1v) is 6.90. The summed E-state index contributed by atoms with van der Waals surface area (Å²) in [7, 11) is 0. The van der Waals surface area contributed by atoms with E-state index in [2.05, 4.69) is 6.58 Å². The van der Waals surface area contributed by atoms with Crippen LogP contribution in [0, 0.1) is 5.82 Å². The Balaban J connectivity index is 2.59. The van der Waals surface area contributed by atoms with Crippen LogP contribution in [0.1, 0.15) is 43.4 Å². The molecule has 0 fully saturated rings. The lowest BCUT2D eigenvalue weighted by molar-refractivity contribution is -0.156. The van der Waals surface area contributed by atoms with E-state index >= 15 is 0 Å². The number of halogens is 4. The molecule has 1 aromatic carbocycles. The van der Waals surface area contributed by atoms with Crippen LogP contribution in [0.15, 0.2) is 24.3 Å². The number of benzene rings is 1. The normalized spacial score (nSPS) is 20.6. The summed E-state index contributed by atoms with van der Waals surface area (Å²) in [6.07, 6.45) is -4.24. The highest BCUT2D eigenvalue weighted by molar-refractivity contribution is 5.87. The molecule has 6 heteroatoms. The van der Waals surface area contributed by atoms with E-state index in [0.717, 1.165) is 12.1 Å². The molecule has 2 nitrogen and oxygen atoms in total. The Morgan fingerprint density at radius 3 is 2.55 bits per heavy atom. The molecule has 0 N–H and O–H groups in total. The Bertz CT molecular complexity index is 634. The monoisotopic (exact) mass is 316 g/mol. The van der Waals surface area contributed by atoms with Gasteiger partial charge in [-0.25, -0.2) is 9.18 Å². The summed E-state index contributed by atoms with van der Waals surface area (Å²) in [6.45, 7) is 6.54. The lowest BCUT2D eigenvalue weighted by Crippen LogP contribution is -2.31. The van der Waals surface area contributed by atoms with Crippen LogP contribution in [0.25, 0.3) is 0 Å². The van der Waals surface area contributed by atoms with Crippen LogP contribution in [0.2, 0.25) is 0 Å². The summed E-state index contributed by atoms with van der Waals surface area (Å²) in [5.41, 5.74) is -2.39. The molecule has 1 aromatic rings. The summed E-state index contributed by atoms with van der Waals surface area (Å²) >= 11 is 0. The van der Waals surface area contributed by atoms with Crippen molar-refractivity contribution in [1.82, 2.24) is 0 Å². The van der Waals surface area contributed by atoms with Crippen molar-refractivity contribution >= 4 is 5.97 Å². The predicted octanol–water partition coefficient (Wildman–Crippen LogP) is 4.52. The van der Waals surface area contributed by atoms with Crippen LogP contribution in [0.5, 0.6) is 0 Å². The maximum atomic E-state index is 14.2. The van der Waals surface area contributed by atoms with Gasteiger partial charge in [0.25, 0.3) is 0 Å². The number of alkyl halides is 3. The molecular weight excluding hydrogens is 300 g/mol. The lowest BCUT2D eigenvalue weighted by atomic mass is 9.91.